The fraction of sp³-hybridized carbons (Fsp3) is 0.310. The van der Waals surface area contributed by atoms with Gasteiger partial charge in [0.05, 0.1) is 10.6 Å². The second-order valence-corrected chi connectivity index (χ2v) is 11.0. The number of unbranched alkanes of at least 4 members (excludes halogenated alkanes) is 1. The molecule has 3 aromatic rings. The minimum Gasteiger partial charge on any atom is -0.354 e. The van der Waals surface area contributed by atoms with Crippen molar-refractivity contribution in [3.8, 4) is 0 Å². The Morgan fingerprint density at radius 1 is 0.947 bits per heavy atom. The number of sulfonamides is 1. The number of para-hydroxylation sites is 1. The van der Waals surface area contributed by atoms with E-state index in [-0.39, 0.29) is 23.0 Å². The third-order valence-electron chi connectivity index (χ3n) is 6.20. The van der Waals surface area contributed by atoms with Crippen molar-refractivity contribution in [1.29, 1.82) is 0 Å². The predicted octanol–water partition coefficient (Wildman–Crippen LogP) is 4.66. The second kappa shape index (κ2) is 13.2. The number of aryl methyl sites for hydroxylation is 1. The van der Waals surface area contributed by atoms with Gasteiger partial charge < -0.3 is 10.2 Å². The van der Waals surface area contributed by atoms with Crippen molar-refractivity contribution in [2.75, 3.05) is 17.4 Å². The Bertz CT molecular complexity index is 1330. The predicted molar refractivity (Wildman–Crippen MR) is 146 cm³/mol. The fourth-order valence-corrected chi connectivity index (χ4v) is 5.33. The summed E-state index contributed by atoms with van der Waals surface area (Å²) in [6.07, 6.45) is 1.69. The Hall–Kier alpha value is -3.72. The molecule has 0 radical (unpaired) electrons. The molecule has 3 aromatic carbocycles. The van der Waals surface area contributed by atoms with E-state index in [1.54, 1.807) is 19.1 Å². The van der Waals surface area contributed by atoms with Gasteiger partial charge in [-0.15, -0.1) is 0 Å². The summed E-state index contributed by atoms with van der Waals surface area (Å²) >= 11 is 0. The smallest absolute Gasteiger partial charge is 0.264 e. The first-order chi connectivity index (χ1) is 18.1. The van der Waals surface area contributed by atoms with Crippen LogP contribution in [0.4, 0.5) is 10.1 Å². The summed E-state index contributed by atoms with van der Waals surface area (Å²) in [6, 6.07) is 19.8. The number of halogens is 1. The molecule has 3 rings (SSSR count). The highest BCUT2D eigenvalue weighted by Gasteiger charge is 2.33. The maximum absolute atomic E-state index is 14.9. The number of carbonyl (C=O) groups excluding carboxylic acids is 2. The maximum atomic E-state index is 14.9. The molecule has 0 aliphatic rings. The van der Waals surface area contributed by atoms with Gasteiger partial charge in [0.1, 0.15) is 18.4 Å². The highest BCUT2D eigenvalue weighted by molar-refractivity contribution is 7.92. The van der Waals surface area contributed by atoms with Gasteiger partial charge in [-0.1, -0.05) is 73.5 Å². The fourth-order valence-electron chi connectivity index (χ4n) is 3.90. The lowest BCUT2D eigenvalue weighted by Crippen LogP contribution is -2.51. The number of benzene rings is 3. The molecule has 0 heterocycles. The van der Waals surface area contributed by atoms with Crippen LogP contribution in [0.3, 0.4) is 0 Å². The average molecular weight is 540 g/mol. The van der Waals surface area contributed by atoms with E-state index in [0.29, 0.717) is 6.54 Å². The van der Waals surface area contributed by atoms with Gasteiger partial charge in [-0.05, 0) is 50.1 Å². The molecule has 0 aliphatic carbocycles. The number of rotatable bonds is 12. The van der Waals surface area contributed by atoms with Crippen LogP contribution >= 0.6 is 0 Å². The number of carbonyl (C=O) groups is 2. The first kappa shape index (κ1) is 28.8. The van der Waals surface area contributed by atoms with Gasteiger partial charge in [-0.2, -0.15) is 0 Å². The van der Waals surface area contributed by atoms with Crippen molar-refractivity contribution in [1.82, 2.24) is 10.2 Å². The molecule has 0 bridgehead atoms. The summed E-state index contributed by atoms with van der Waals surface area (Å²) in [4.78, 5) is 27.9. The zero-order valence-electron chi connectivity index (χ0n) is 21.9. The Morgan fingerprint density at radius 3 is 2.21 bits per heavy atom. The molecular formula is C29H34FN3O4S. The van der Waals surface area contributed by atoms with Crippen molar-refractivity contribution in [2.24, 2.45) is 0 Å². The summed E-state index contributed by atoms with van der Waals surface area (Å²) in [7, 11) is -4.31. The first-order valence-corrected chi connectivity index (χ1v) is 14.0. The molecule has 202 valence electrons. The van der Waals surface area contributed by atoms with Gasteiger partial charge in [-0.3, -0.25) is 13.9 Å². The molecule has 0 aromatic heterocycles. The van der Waals surface area contributed by atoms with Gasteiger partial charge in [0, 0.05) is 13.1 Å². The molecule has 0 saturated carbocycles. The molecule has 7 nitrogen and oxygen atoms in total. The molecule has 0 saturated heterocycles. The number of anilines is 1. The molecule has 1 N–H and O–H groups in total. The van der Waals surface area contributed by atoms with E-state index in [9.17, 15) is 22.4 Å². The maximum Gasteiger partial charge on any atom is 0.264 e. The third kappa shape index (κ3) is 7.19. The zero-order chi connectivity index (χ0) is 27.7. The highest BCUT2D eigenvalue weighted by atomic mass is 32.2. The summed E-state index contributed by atoms with van der Waals surface area (Å²) in [5.41, 5.74) is 1.38. The van der Waals surface area contributed by atoms with Crippen molar-refractivity contribution >= 4 is 27.5 Å². The minimum atomic E-state index is -4.31. The number of amides is 2. The van der Waals surface area contributed by atoms with Crippen molar-refractivity contribution in [3.05, 3.63) is 95.8 Å². The van der Waals surface area contributed by atoms with Crippen molar-refractivity contribution in [3.63, 3.8) is 0 Å². The summed E-state index contributed by atoms with van der Waals surface area (Å²) in [6.45, 7) is 5.30. The number of hydrogen-bond acceptors (Lipinski definition) is 4. The summed E-state index contributed by atoms with van der Waals surface area (Å²) in [5.74, 6) is -1.76. The first-order valence-electron chi connectivity index (χ1n) is 12.6. The van der Waals surface area contributed by atoms with Gasteiger partial charge >= 0.3 is 0 Å². The second-order valence-electron chi connectivity index (χ2n) is 9.10. The van der Waals surface area contributed by atoms with Crippen LogP contribution in [0.25, 0.3) is 0 Å². The van der Waals surface area contributed by atoms with E-state index in [4.69, 9.17) is 0 Å². The van der Waals surface area contributed by atoms with Crippen LogP contribution in [0.15, 0.2) is 83.8 Å². The van der Waals surface area contributed by atoms with E-state index in [1.807, 2.05) is 44.2 Å². The normalized spacial score (nSPS) is 12.0. The number of nitrogens with zero attached hydrogens (tertiary/aromatic N) is 2. The molecule has 0 spiro atoms. The largest absolute Gasteiger partial charge is 0.354 e. The molecule has 1 atom stereocenters. The van der Waals surface area contributed by atoms with Crippen LogP contribution in [-0.2, 0) is 26.2 Å². The van der Waals surface area contributed by atoms with E-state index in [2.05, 4.69) is 5.32 Å². The van der Waals surface area contributed by atoms with Crippen molar-refractivity contribution < 1.29 is 22.4 Å². The molecular weight excluding hydrogens is 505 g/mol. The lowest BCUT2D eigenvalue weighted by molar-refractivity contribution is -0.139. The van der Waals surface area contributed by atoms with Crippen molar-refractivity contribution in [2.45, 2.75) is 51.1 Å². The van der Waals surface area contributed by atoms with E-state index in [1.165, 1.54) is 35.2 Å². The highest BCUT2D eigenvalue weighted by Crippen LogP contribution is 2.27. The quantitative estimate of drug-likeness (QED) is 0.339. The molecule has 9 heteroatoms. The Labute approximate surface area is 224 Å². The van der Waals surface area contributed by atoms with Crippen LogP contribution < -0.4 is 9.62 Å². The molecule has 2 amide bonds. The van der Waals surface area contributed by atoms with Gasteiger partial charge in [0.15, 0.2) is 0 Å². The zero-order valence-corrected chi connectivity index (χ0v) is 22.7. The molecule has 0 unspecified atom stereocenters. The topological polar surface area (TPSA) is 86.8 Å². The van der Waals surface area contributed by atoms with Crippen LogP contribution in [-0.4, -0.2) is 44.3 Å². The van der Waals surface area contributed by atoms with Gasteiger partial charge in [0.25, 0.3) is 10.0 Å². The Balaban J connectivity index is 1.99. The van der Waals surface area contributed by atoms with Crippen LogP contribution in [0.2, 0.25) is 0 Å². The summed E-state index contributed by atoms with van der Waals surface area (Å²) in [5, 5.41) is 2.84. The summed E-state index contributed by atoms with van der Waals surface area (Å²) < 4.78 is 43.1. The monoisotopic (exact) mass is 539 g/mol. The number of hydrogen-bond donors (Lipinski definition) is 1. The lowest BCUT2D eigenvalue weighted by atomic mass is 10.1. The Morgan fingerprint density at radius 2 is 1.58 bits per heavy atom. The van der Waals surface area contributed by atoms with E-state index in [0.717, 1.165) is 34.3 Å². The molecule has 0 aliphatic heterocycles. The lowest BCUT2D eigenvalue weighted by Gasteiger charge is -2.32. The van der Waals surface area contributed by atoms with Crippen LogP contribution in [0.5, 0.6) is 0 Å². The van der Waals surface area contributed by atoms with Gasteiger partial charge in [-0.25, -0.2) is 12.8 Å². The van der Waals surface area contributed by atoms with Gasteiger partial charge in [0.2, 0.25) is 11.8 Å². The third-order valence-corrected chi connectivity index (χ3v) is 7.98. The molecule has 0 fully saturated rings. The number of nitrogens with one attached hydrogen (secondary N) is 1. The average Bonchev–Trinajstić information content (AvgIpc) is 2.91. The Kier molecular flexibility index (Phi) is 10.0. The SMILES string of the molecule is CCCCNC(=O)[C@@H](C)N(Cc1ccccc1)C(=O)CN(c1ccccc1F)S(=O)(=O)c1ccc(C)cc1. The van der Waals surface area contributed by atoms with Crippen LogP contribution in [0.1, 0.15) is 37.8 Å². The van der Waals surface area contributed by atoms with E-state index >= 15 is 0 Å². The molecule has 38 heavy (non-hydrogen) atoms. The van der Waals surface area contributed by atoms with Crippen LogP contribution in [0, 0.1) is 12.7 Å². The van der Waals surface area contributed by atoms with E-state index < -0.39 is 34.3 Å². The standard InChI is InChI=1S/C29H34FN3O4S/c1-4-5-19-31-29(35)23(3)32(20-24-11-7-6-8-12-24)28(34)21-33(27-14-10-9-13-26(27)30)38(36,37)25-17-15-22(2)16-18-25/h6-18,23H,4-5,19-21H2,1-3H3,(H,31,35)/t23-/m1/s1. The minimum absolute atomic E-state index is 0.0703.